The number of rotatable bonds is 7. The fourth-order valence-corrected chi connectivity index (χ4v) is 5.25. The highest BCUT2D eigenvalue weighted by Gasteiger charge is 2.24. The summed E-state index contributed by atoms with van der Waals surface area (Å²) in [5.74, 6) is 1.15. The van der Waals surface area contributed by atoms with Crippen molar-refractivity contribution in [3.05, 3.63) is 69.7 Å². The molecule has 1 atom stereocenters. The highest BCUT2D eigenvalue weighted by Crippen LogP contribution is 2.21. The van der Waals surface area contributed by atoms with Crippen molar-refractivity contribution in [3.63, 3.8) is 0 Å². The van der Waals surface area contributed by atoms with Crippen molar-refractivity contribution in [1.29, 1.82) is 0 Å². The smallest absolute Gasteiger partial charge is 0.223 e. The number of benzene rings is 2. The highest BCUT2D eigenvalue weighted by molar-refractivity contribution is 9.10. The van der Waals surface area contributed by atoms with Gasteiger partial charge in [0.25, 0.3) is 0 Å². The summed E-state index contributed by atoms with van der Waals surface area (Å²) in [7, 11) is 0. The lowest BCUT2D eigenvalue weighted by Crippen LogP contribution is -2.40. The van der Waals surface area contributed by atoms with Crippen LogP contribution >= 0.6 is 15.9 Å². The molecule has 4 nitrogen and oxygen atoms in total. The molecule has 1 unspecified atom stereocenters. The van der Waals surface area contributed by atoms with Gasteiger partial charge in [-0.1, -0.05) is 59.3 Å². The Morgan fingerprint density at radius 3 is 2.12 bits per heavy atom. The van der Waals surface area contributed by atoms with Crippen LogP contribution in [0.1, 0.15) is 49.3 Å². The first-order chi connectivity index (χ1) is 15.5. The first-order valence-corrected chi connectivity index (χ1v) is 12.9. The minimum absolute atomic E-state index is 0.136. The van der Waals surface area contributed by atoms with Crippen molar-refractivity contribution in [1.82, 2.24) is 15.1 Å². The average molecular weight is 499 g/mol. The van der Waals surface area contributed by atoms with E-state index in [1.807, 2.05) is 0 Å². The second-order valence-electron chi connectivity index (χ2n) is 9.69. The van der Waals surface area contributed by atoms with Crippen LogP contribution in [0.5, 0.6) is 0 Å². The normalized spacial score (nSPS) is 20.9. The minimum atomic E-state index is 0.136. The molecule has 2 aliphatic heterocycles. The second kappa shape index (κ2) is 11.4. The molecule has 172 valence electrons. The average Bonchev–Trinajstić information content (AvgIpc) is 2.80. The van der Waals surface area contributed by atoms with Crippen molar-refractivity contribution in [2.75, 3.05) is 26.2 Å². The lowest BCUT2D eigenvalue weighted by atomic mass is 9.95. The van der Waals surface area contributed by atoms with Gasteiger partial charge in [-0.25, -0.2) is 0 Å². The van der Waals surface area contributed by atoms with E-state index in [9.17, 15) is 4.79 Å². The first kappa shape index (κ1) is 23.5. The van der Waals surface area contributed by atoms with Gasteiger partial charge in [-0.15, -0.1) is 0 Å². The minimum Gasteiger partial charge on any atom is -0.352 e. The molecule has 0 radical (unpaired) electrons. The third-order valence-electron chi connectivity index (χ3n) is 6.91. The van der Waals surface area contributed by atoms with E-state index in [1.54, 1.807) is 0 Å². The fraction of sp³-hybridized carbons (Fsp3) is 0.519. The summed E-state index contributed by atoms with van der Waals surface area (Å²) in [6.07, 6.45) is 4.55. The van der Waals surface area contributed by atoms with Crippen molar-refractivity contribution >= 4 is 21.8 Å². The molecule has 1 amide bonds. The molecule has 2 aromatic rings. The quantitative estimate of drug-likeness (QED) is 0.570. The van der Waals surface area contributed by atoms with Gasteiger partial charge in [0.1, 0.15) is 0 Å². The van der Waals surface area contributed by atoms with Crippen LogP contribution in [0.15, 0.2) is 53.0 Å². The van der Waals surface area contributed by atoms with Gasteiger partial charge in [0.05, 0.1) is 0 Å². The van der Waals surface area contributed by atoms with Gasteiger partial charge < -0.3 is 5.32 Å². The van der Waals surface area contributed by atoms with E-state index in [0.29, 0.717) is 6.54 Å². The molecule has 2 heterocycles. The summed E-state index contributed by atoms with van der Waals surface area (Å²) in [6, 6.07) is 17.3. The number of likely N-dealkylation sites (tertiary alicyclic amines) is 2. The van der Waals surface area contributed by atoms with Crippen molar-refractivity contribution in [3.8, 4) is 0 Å². The van der Waals surface area contributed by atoms with E-state index in [1.165, 1.54) is 42.6 Å². The number of nitrogens with zero attached hydrogens (tertiary/aromatic N) is 2. The van der Waals surface area contributed by atoms with Crippen molar-refractivity contribution in [2.45, 2.75) is 52.2 Å². The molecule has 0 saturated carbocycles. The van der Waals surface area contributed by atoms with Crippen LogP contribution in [-0.4, -0.2) is 41.9 Å². The summed E-state index contributed by atoms with van der Waals surface area (Å²) < 4.78 is 1.11. The summed E-state index contributed by atoms with van der Waals surface area (Å²) in [5.41, 5.74) is 3.88. The van der Waals surface area contributed by atoms with Crippen LogP contribution in [0.3, 0.4) is 0 Å². The Morgan fingerprint density at radius 1 is 0.875 bits per heavy atom. The zero-order valence-corrected chi connectivity index (χ0v) is 20.8. The monoisotopic (exact) mass is 497 g/mol. The van der Waals surface area contributed by atoms with Crippen LogP contribution in [0.25, 0.3) is 0 Å². The maximum Gasteiger partial charge on any atom is 0.223 e. The van der Waals surface area contributed by atoms with Crippen LogP contribution in [0.4, 0.5) is 0 Å². The molecule has 2 fully saturated rings. The molecule has 2 saturated heterocycles. The Morgan fingerprint density at radius 2 is 1.47 bits per heavy atom. The molecule has 0 aliphatic carbocycles. The Kier molecular flexibility index (Phi) is 8.39. The standard InChI is InChI=1S/C27H36BrN3O/c1-21-3-2-14-31(18-21)20-23-6-4-22(5-7-23)17-29-27(32)25-12-15-30(16-13-25)19-24-8-10-26(28)11-9-24/h4-11,21,25H,2-3,12-20H2,1H3,(H,29,32). The van der Waals surface area contributed by atoms with Gasteiger partial charge in [0, 0.05) is 36.6 Å². The second-order valence-corrected chi connectivity index (χ2v) is 10.6. The lowest BCUT2D eigenvalue weighted by Gasteiger charge is -2.31. The van der Waals surface area contributed by atoms with Crippen molar-refractivity contribution < 1.29 is 4.79 Å². The summed E-state index contributed by atoms with van der Waals surface area (Å²) in [4.78, 5) is 17.7. The molecule has 32 heavy (non-hydrogen) atoms. The topological polar surface area (TPSA) is 35.6 Å². The Balaban J connectivity index is 1.17. The highest BCUT2D eigenvalue weighted by atomic mass is 79.9. The van der Waals surface area contributed by atoms with Crippen LogP contribution in [0, 0.1) is 11.8 Å². The molecular formula is C27H36BrN3O. The largest absolute Gasteiger partial charge is 0.352 e. The zero-order chi connectivity index (χ0) is 22.3. The fourth-order valence-electron chi connectivity index (χ4n) is 4.99. The van der Waals surface area contributed by atoms with E-state index in [-0.39, 0.29) is 11.8 Å². The number of halogens is 1. The predicted molar refractivity (Wildman–Crippen MR) is 134 cm³/mol. The molecule has 0 bridgehead atoms. The third kappa shape index (κ3) is 6.90. The van der Waals surface area contributed by atoms with Crippen LogP contribution in [0.2, 0.25) is 0 Å². The summed E-state index contributed by atoms with van der Waals surface area (Å²) in [6.45, 7) is 9.36. The molecular weight excluding hydrogens is 462 g/mol. The first-order valence-electron chi connectivity index (χ1n) is 12.1. The zero-order valence-electron chi connectivity index (χ0n) is 19.2. The number of nitrogens with one attached hydrogen (secondary N) is 1. The molecule has 0 aromatic heterocycles. The van der Waals surface area contributed by atoms with Gasteiger partial charge in [-0.3, -0.25) is 14.6 Å². The Hall–Kier alpha value is -1.69. The Bertz CT molecular complexity index is 859. The number of piperidine rings is 2. The van der Waals surface area contributed by atoms with E-state index < -0.39 is 0 Å². The molecule has 5 heteroatoms. The van der Waals surface area contributed by atoms with Gasteiger partial charge in [0.2, 0.25) is 5.91 Å². The summed E-state index contributed by atoms with van der Waals surface area (Å²) in [5, 5.41) is 3.17. The Labute approximate surface area is 201 Å². The maximum atomic E-state index is 12.7. The van der Waals surface area contributed by atoms with Gasteiger partial charge in [-0.05, 0) is 80.1 Å². The lowest BCUT2D eigenvalue weighted by molar-refractivity contribution is -0.126. The number of carbonyl (C=O) groups excluding carboxylic acids is 1. The number of hydrogen-bond donors (Lipinski definition) is 1. The number of amides is 1. The van der Waals surface area contributed by atoms with Crippen LogP contribution < -0.4 is 5.32 Å². The molecule has 2 aromatic carbocycles. The van der Waals surface area contributed by atoms with E-state index in [2.05, 4.69) is 86.5 Å². The van der Waals surface area contributed by atoms with Gasteiger partial charge in [0.15, 0.2) is 0 Å². The maximum absolute atomic E-state index is 12.7. The molecule has 1 N–H and O–H groups in total. The van der Waals surface area contributed by atoms with E-state index in [4.69, 9.17) is 0 Å². The number of carbonyl (C=O) groups is 1. The van der Waals surface area contributed by atoms with E-state index in [0.717, 1.165) is 49.4 Å². The molecule has 2 aliphatic rings. The van der Waals surface area contributed by atoms with Gasteiger partial charge >= 0.3 is 0 Å². The SMILES string of the molecule is CC1CCCN(Cc2ccc(CNC(=O)C3CCN(Cc4ccc(Br)cc4)CC3)cc2)C1. The predicted octanol–water partition coefficient (Wildman–Crippen LogP) is 5.21. The van der Waals surface area contributed by atoms with Crippen molar-refractivity contribution in [2.24, 2.45) is 11.8 Å². The number of hydrogen-bond acceptors (Lipinski definition) is 3. The van der Waals surface area contributed by atoms with Gasteiger partial charge in [-0.2, -0.15) is 0 Å². The molecule has 0 spiro atoms. The van der Waals surface area contributed by atoms with Crippen LogP contribution in [-0.2, 0) is 24.4 Å². The summed E-state index contributed by atoms with van der Waals surface area (Å²) >= 11 is 3.49. The third-order valence-corrected chi connectivity index (χ3v) is 7.44. The van der Waals surface area contributed by atoms with E-state index >= 15 is 0 Å². The molecule has 4 rings (SSSR count).